The van der Waals surface area contributed by atoms with Gasteiger partial charge in [-0.15, -0.1) is 5.10 Å². The molecule has 0 radical (unpaired) electrons. The van der Waals surface area contributed by atoms with Crippen LogP contribution in [-0.2, 0) is 0 Å². The number of carbonyl (C=O) groups is 1. The molecule has 1 heterocycles. The van der Waals surface area contributed by atoms with Gasteiger partial charge in [-0.3, -0.25) is 4.79 Å². The van der Waals surface area contributed by atoms with E-state index in [0.29, 0.717) is 11.4 Å². The van der Waals surface area contributed by atoms with E-state index in [9.17, 15) is 4.79 Å². The molecule has 0 unspecified atom stereocenters. The van der Waals surface area contributed by atoms with Crippen molar-refractivity contribution in [3.63, 3.8) is 0 Å². The Kier molecular flexibility index (Phi) is 2.22. The number of carbonyl (C=O) groups excluding carboxylic acids is 1. The summed E-state index contributed by atoms with van der Waals surface area (Å²) in [5, 5.41) is 12.3. The second kappa shape index (κ2) is 3.69. The van der Waals surface area contributed by atoms with Gasteiger partial charge in [-0.25, -0.2) is 0 Å². The van der Waals surface area contributed by atoms with Crippen molar-refractivity contribution in [1.29, 1.82) is 0 Å². The average Bonchev–Trinajstić information content (AvgIpc) is 2.72. The number of aromatic nitrogens is 3. The Morgan fingerprint density at radius 1 is 1.29 bits per heavy atom. The molecule has 1 aromatic carbocycles. The van der Waals surface area contributed by atoms with Crippen LogP contribution in [0, 0.1) is 0 Å². The summed E-state index contributed by atoms with van der Waals surface area (Å²) in [4.78, 5) is 11.5. The van der Waals surface area contributed by atoms with Gasteiger partial charge < -0.3 is 5.32 Å². The molecule has 0 aliphatic heterocycles. The lowest BCUT2D eigenvalue weighted by molar-refractivity contribution is 0.102. The molecule has 0 saturated heterocycles. The lowest BCUT2D eigenvalue weighted by atomic mass is 10.2. The Balaban J connectivity index is 2.11. The molecule has 0 atom stereocenters. The van der Waals surface area contributed by atoms with E-state index in [1.165, 1.54) is 6.20 Å². The normalized spacial score (nSPS) is 9.71. The summed E-state index contributed by atoms with van der Waals surface area (Å²) in [6.07, 6.45) is 1.45. The van der Waals surface area contributed by atoms with Crippen molar-refractivity contribution in [3.05, 3.63) is 42.1 Å². The van der Waals surface area contributed by atoms with E-state index in [4.69, 9.17) is 0 Å². The predicted octanol–water partition coefficient (Wildman–Crippen LogP) is 1.06. The third-order valence-corrected chi connectivity index (χ3v) is 1.69. The summed E-state index contributed by atoms with van der Waals surface area (Å²) in [6, 6.07) is 8.92. The molecular formula is C9H8N4O. The molecule has 14 heavy (non-hydrogen) atoms. The predicted molar refractivity (Wildman–Crippen MR) is 50.8 cm³/mol. The molecule has 70 valence electrons. The van der Waals surface area contributed by atoms with Gasteiger partial charge in [0, 0.05) is 5.56 Å². The van der Waals surface area contributed by atoms with Crippen LogP contribution in [0.5, 0.6) is 0 Å². The van der Waals surface area contributed by atoms with Crippen LogP contribution in [0.2, 0.25) is 0 Å². The Labute approximate surface area is 80.2 Å². The summed E-state index contributed by atoms with van der Waals surface area (Å²) in [7, 11) is 0. The first-order chi connectivity index (χ1) is 6.86. The van der Waals surface area contributed by atoms with Crippen molar-refractivity contribution in [1.82, 2.24) is 15.4 Å². The number of nitrogens with one attached hydrogen (secondary N) is 2. The Bertz CT molecular complexity index is 410. The van der Waals surface area contributed by atoms with Gasteiger partial charge in [0.25, 0.3) is 5.91 Å². The van der Waals surface area contributed by atoms with Crippen molar-refractivity contribution < 1.29 is 4.79 Å². The second-order valence-electron chi connectivity index (χ2n) is 2.68. The number of hydrogen-bond donors (Lipinski definition) is 2. The summed E-state index contributed by atoms with van der Waals surface area (Å²) in [6.45, 7) is 0. The fourth-order valence-electron chi connectivity index (χ4n) is 1.04. The average molecular weight is 188 g/mol. The van der Waals surface area contributed by atoms with Gasteiger partial charge in [0.1, 0.15) is 0 Å². The lowest BCUT2D eigenvalue weighted by Gasteiger charge is -1.99. The smallest absolute Gasteiger partial charge is 0.256 e. The number of hydrogen-bond acceptors (Lipinski definition) is 3. The molecule has 0 aliphatic carbocycles. The lowest BCUT2D eigenvalue weighted by Crippen LogP contribution is -2.11. The van der Waals surface area contributed by atoms with E-state index >= 15 is 0 Å². The van der Waals surface area contributed by atoms with Crippen molar-refractivity contribution >= 4 is 11.7 Å². The molecule has 1 aromatic heterocycles. The van der Waals surface area contributed by atoms with Crippen LogP contribution in [0.3, 0.4) is 0 Å². The minimum atomic E-state index is -0.195. The highest BCUT2D eigenvalue weighted by atomic mass is 16.1. The highest BCUT2D eigenvalue weighted by molar-refractivity contribution is 6.03. The van der Waals surface area contributed by atoms with Gasteiger partial charge in [0.05, 0.1) is 6.20 Å². The van der Waals surface area contributed by atoms with E-state index < -0.39 is 0 Å². The quantitative estimate of drug-likeness (QED) is 0.740. The molecule has 0 aliphatic rings. The Hall–Kier alpha value is -2.17. The van der Waals surface area contributed by atoms with Gasteiger partial charge >= 0.3 is 0 Å². The van der Waals surface area contributed by atoms with Crippen LogP contribution in [0.4, 0.5) is 5.82 Å². The summed E-state index contributed by atoms with van der Waals surface area (Å²) in [5.41, 5.74) is 0.593. The topological polar surface area (TPSA) is 70.7 Å². The van der Waals surface area contributed by atoms with E-state index in [1.807, 2.05) is 6.07 Å². The van der Waals surface area contributed by atoms with Crippen LogP contribution in [-0.4, -0.2) is 21.3 Å². The maximum Gasteiger partial charge on any atom is 0.256 e. The van der Waals surface area contributed by atoms with Gasteiger partial charge in [0.2, 0.25) is 0 Å². The zero-order chi connectivity index (χ0) is 9.80. The maximum atomic E-state index is 11.5. The zero-order valence-corrected chi connectivity index (χ0v) is 7.27. The molecule has 5 nitrogen and oxygen atoms in total. The Morgan fingerprint density at radius 3 is 2.71 bits per heavy atom. The molecule has 2 rings (SSSR count). The molecular weight excluding hydrogens is 180 g/mol. The van der Waals surface area contributed by atoms with E-state index in [2.05, 4.69) is 20.7 Å². The molecule has 0 bridgehead atoms. The largest absolute Gasteiger partial charge is 0.304 e. The van der Waals surface area contributed by atoms with Crippen molar-refractivity contribution in [2.24, 2.45) is 0 Å². The minimum Gasteiger partial charge on any atom is -0.304 e. The SMILES string of the molecule is O=C(Nc1cn[nH]n1)c1ccccc1. The highest BCUT2D eigenvalue weighted by Crippen LogP contribution is 2.03. The van der Waals surface area contributed by atoms with Crippen LogP contribution in [0.25, 0.3) is 0 Å². The molecule has 5 heteroatoms. The number of H-pyrrole nitrogens is 1. The van der Waals surface area contributed by atoms with Crippen molar-refractivity contribution in [2.45, 2.75) is 0 Å². The summed E-state index contributed by atoms with van der Waals surface area (Å²) in [5.74, 6) is 0.221. The first-order valence-electron chi connectivity index (χ1n) is 4.08. The third-order valence-electron chi connectivity index (χ3n) is 1.69. The van der Waals surface area contributed by atoms with Gasteiger partial charge in [0.15, 0.2) is 5.82 Å². The fourth-order valence-corrected chi connectivity index (χ4v) is 1.04. The fraction of sp³-hybridized carbons (Fsp3) is 0. The number of aromatic amines is 1. The summed E-state index contributed by atoms with van der Waals surface area (Å²) >= 11 is 0. The number of rotatable bonds is 2. The standard InChI is InChI=1S/C9H8N4O/c14-9(7-4-2-1-3-5-7)11-8-6-10-13-12-8/h1-6H,(H2,10,11,12,13,14). The molecule has 1 amide bonds. The first-order valence-corrected chi connectivity index (χ1v) is 4.08. The van der Waals surface area contributed by atoms with Crippen LogP contribution < -0.4 is 5.32 Å². The van der Waals surface area contributed by atoms with Gasteiger partial charge in [-0.2, -0.15) is 10.3 Å². The maximum absolute atomic E-state index is 11.5. The first kappa shape index (κ1) is 8.43. The third kappa shape index (κ3) is 1.77. The van der Waals surface area contributed by atoms with Crippen LogP contribution in [0.15, 0.2) is 36.5 Å². The monoisotopic (exact) mass is 188 g/mol. The molecule has 2 aromatic rings. The van der Waals surface area contributed by atoms with Crippen molar-refractivity contribution in [2.75, 3.05) is 5.32 Å². The van der Waals surface area contributed by atoms with Gasteiger partial charge in [-0.1, -0.05) is 18.2 Å². The Morgan fingerprint density at radius 2 is 2.07 bits per heavy atom. The van der Waals surface area contributed by atoms with Crippen LogP contribution >= 0.6 is 0 Å². The number of benzene rings is 1. The number of nitrogens with zero attached hydrogens (tertiary/aromatic N) is 2. The summed E-state index contributed by atoms with van der Waals surface area (Å²) < 4.78 is 0. The van der Waals surface area contributed by atoms with Crippen molar-refractivity contribution in [3.8, 4) is 0 Å². The molecule has 0 saturated carbocycles. The number of anilines is 1. The highest BCUT2D eigenvalue weighted by Gasteiger charge is 2.05. The zero-order valence-electron chi connectivity index (χ0n) is 7.27. The molecule has 0 fully saturated rings. The number of amides is 1. The molecule has 0 spiro atoms. The van der Waals surface area contributed by atoms with E-state index in [-0.39, 0.29) is 5.91 Å². The van der Waals surface area contributed by atoms with Crippen LogP contribution in [0.1, 0.15) is 10.4 Å². The molecule has 2 N–H and O–H groups in total. The van der Waals surface area contributed by atoms with E-state index in [0.717, 1.165) is 0 Å². The van der Waals surface area contributed by atoms with Gasteiger partial charge in [-0.05, 0) is 12.1 Å². The minimum absolute atomic E-state index is 0.195. The van der Waals surface area contributed by atoms with E-state index in [1.54, 1.807) is 24.3 Å². The second-order valence-corrected chi connectivity index (χ2v) is 2.68.